The number of unbranched alkanes of at least 4 members (excludes halogenated alkanes) is 3. The number of amides is 1. The van der Waals surface area contributed by atoms with E-state index >= 15 is 0 Å². The molecule has 0 saturated heterocycles. The fraction of sp³-hybridized carbons (Fsp3) is 0.533. The number of rotatable bonds is 10. The molecule has 0 unspecified atom stereocenters. The van der Waals surface area contributed by atoms with Crippen molar-refractivity contribution in [2.24, 2.45) is 5.73 Å². The van der Waals surface area contributed by atoms with Crippen LogP contribution in [0.5, 0.6) is 5.75 Å². The molecule has 0 aliphatic carbocycles. The number of ether oxygens (including phenoxy) is 1. The molecule has 0 saturated carbocycles. The lowest BCUT2D eigenvalue weighted by Crippen LogP contribution is -2.23. The Hall–Kier alpha value is -1.21. The lowest BCUT2D eigenvalue weighted by atomic mass is 10.1. The van der Waals surface area contributed by atoms with Crippen molar-refractivity contribution in [2.45, 2.75) is 45.3 Å². The summed E-state index contributed by atoms with van der Waals surface area (Å²) in [5, 5.41) is 2.72. The molecule has 0 radical (unpaired) electrons. The van der Waals surface area contributed by atoms with Crippen LogP contribution in [0.3, 0.4) is 0 Å². The molecule has 0 aromatic heterocycles. The van der Waals surface area contributed by atoms with Gasteiger partial charge in [-0.05, 0) is 37.6 Å². The molecule has 4 nitrogen and oxygen atoms in total. The molecule has 1 aromatic rings. The van der Waals surface area contributed by atoms with Gasteiger partial charge in [-0.25, -0.2) is 0 Å². The molecule has 0 spiro atoms. The molecule has 0 atom stereocenters. The standard InChI is InChI=1S/C15H21BrF2N2O2/c16-12-6-7-13(22-15(17)18)11(9-12)10-20-14(21)5-3-1-2-4-8-19/h6-7,9,15H,1-5,8,10,19H2,(H,20,21). The molecule has 22 heavy (non-hydrogen) atoms. The van der Waals surface area contributed by atoms with Crippen molar-refractivity contribution >= 4 is 21.8 Å². The second kappa shape index (κ2) is 10.5. The molecule has 0 bridgehead atoms. The number of alkyl halides is 2. The third kappa shape index (κ3) is 7.70. The predicted molar refractivity (Wildman–Crippen MR) is 84.8 cm³/mol. The first kappa shape index (κ1) is 18.8. The van der Waals surface area contributed by atoms with Crippen LogP contribution < -0.4 is 15.8 Å². The van der Waals surface area contributed by atoms with E-state index in [0.717, 1.165) is 30.2 Å². The highest BCUT2D eigenvalue weighted by Crippen LogP contribution is 2.24. The largest absolute Gasteiger partial charge is 0.434 e. The highest BCUT2D eigenvalue weighted by atomic mass is 79.9. The third-order valence-electron chi connectivity index (χ3n) is 3.07. The maximum absolute atomic E-state index is 12.3. The quantitative estimate of drug-likeness (QED) is 0.611. The summed E-state index contributed by atoms with van der Waals surface area (Å²) in [6, 6.07) is 4.71. The van der Waals surface area contributed by atoms with Crippen LogP contribution in [0.15, 0.2) is 22.7 Å². The second-order valence-electron chi connectivity index (χ2n) is 4.86. The van der Waals surface area contributed by atoms with Crippen molar-refractivity contribution in [3.8, 4) is 5.75 Å². The van der Waals surface area contributed by atoms with Gasteiger partial charge < -0.3 is 15.8 Å². The summed E-state index contributed by atoms with van der Waals surface area (Å²) in [7, 11) is 0. The summed E-state index contributed by atoms with van der Waals surface area (Å²) in [6.07, 6.45) is 4.16. The van der Waals surface area contributed by atoms with Gasteiger partial charge in [0.05, 0.1) is 0 Å². The number of hydrogen-bond donors (Lipinski definition) is 2. The van der Waals surface area contributed by atoms with Crippen molar-refractivity contribution in [3.63, 3.8) is 0 Å². The van der Waals surface area contributed by atoms with E-state index in [1.54, 1.807) is 12.1 Å². The lowest BCUT2D eigenvalue weighted by molar-refractivity contribution is -0.121. The maximum Gasteiger partial charge on any atom is 0.387 e. The van der Waals surface area contributed by atoms with E-state index < -0.39 is 6.61 Å². The van der Waals surface area contributed by atoms with Crippen LogP contribution in [0.25, 0.3) is 0 Å². The van der Waals surface area contributed by atoms with Crippen LogP contribution >= 0.6 is 15.9 Å². The predicted octanol–water partition coefficient (Wildman–Crippen LogP) is 3.58. The number of nitrogens with two attached hydrogens (primary N) is 1. The molecule has 0 fully saturated rings. The van der Waals surface area contributed by atoms with Crippen molar-refractivity contribution in [3.05, 3.63) is 28.2 Å². The molecule has 1 aromatic carbocycles. The number of halogens is 3. The highest BCUT2D eigenvalue weighted by Gasteiger charge is 2.11. The van der Waals surface area contributed by atoms with Crippen molar-refractivity contribution in [1.82, 2.24) is 5.32 Å². The lowest BCUT2D eigenvalue weighted by Gasteiger charge is -2.12. The van der Waals surface area contributed by atoms with Gasteiger partial charge in [-0.2, -0.15) is 8.78 Å². The fourth-order valence-electron chi connectivity index (χ4n) is 1.96. The Bertz CT molecular complexity index is 473. The zero-order valence-corrected chi connectivity index (χ0v) is 13.9. The molecular formula is C15H21BrF2N2O2. The Morgan fingerprint density at radius 1 is 1.27 bits per heavy atom. The number of carbonyl (C=O) groups is 1. The molecule has 7 heteroatoms. The molecule has 0 aliphatic heterocycles. The monoisotopic (exact) mass is 378 g/mol. The summed E-state index contributed by atoms with van der Waals surface area (Å²) < 4.78 is 29.9. The topological polar surface area (TPSA) is 64.4 Å². The highest BCUT2D eigenvalue weighted by molar-refractivity contribution is 9.10. The van der Waals surface area contributed by atoms with Gasteiger partial charge in [0.2, 0.25) is 5.91 Å². The molecule has 0 aliphatic rings. The molecule has 124 valence electrons. The Balaban J connectivity index is 2.42. The number of nitrogens with one attached hydrogen (secondary N) is 1. The van der Waals surface area contributed by atoms with Crippen LogP contribution in [0.2, 0.25) is 0 Å². The molecule has 3 N–H and O–H groups in total. The van der Waals surface area contributed by atoms with Gasteiger partial charge in [-0.1, -0.05) is 28.8 Å². The third-order valence-corrected chi connectivity index (χ3v) is 3.57. The van der Waals surface area contributed by atoms with Gasteiger partial charge in [0.25, 0.3) is 0 Å². The normalized spacial score (nSPS) is 10.8. The SMILES string of the molecule is NCCCCCCC(=O)NCc1cc(Br)ccc1OC(F)F. The van der Waals surface area contributed by atoms with Gasteiger partial charge in [-0.15, -0.1) is 0 Å². The first-order valence-electron chi connectivity index (χ1n) is 7.23. The summed E-state index contributed by atoms with van der Waals surface area (Å²) >= 11 is 3.27. The minimum Gasteiger partial charge on any atom is -0.434 e. The second-order valence-corrected chi connectivity index (χ2v) is 5.78. The Morgan fingerprint density at radius 2 is 2.00 bits per heavy atom. The van der Waals surface area contributed by atoms with Crippen LogP contribution in [0, 0.1) is 0 Å². The average molecular weight is 379 g/mol. The summed E-state index contributed by atoms with van der Waals surface area (Å²) in [5.41, 5.74) is 5.90. The van der Waals surface area contributed by atoms with Crippen LogP contribution in [-0.4, -0.2) is 19.1 Å². The first-order chi connectivity index (χ1) is 10.5. The van der Waals surface area contributed by atoms with Crippen molar-refractivity contribution < 1.29 is 18.3 Å². The fourth-order valence-corrected chi connectivity index (χ4v) is 2.37. The molecule has 1 rings (SSSR count). The van der Waals surface area contributed by atoms with E-state index in [1.807, 2.05) is 0 Å². The zero-order chi connectivity index (χ0) is 16.4. The molecule has 0 heterocycles. The Kier molecular flexibility index (Phi) is 9.00. The van der Waals surface area contributed by atoms with E-state index in [0.29, 0.717) is 18.5 Å². The Morgan fingerprint density at radius 3 is 2.68 bits per heavy atom. The molecule has 1 amide bonds. The van der Waals surface area contributed by atoms with E-state index in [1.165, 1.54) is 6.07 Å². The van der Waals surface area contributed by atoms with E-state index in [4.69, 9.17) is 5.73 Å². The van der Waals surface area contributed by atoms with Gasteiger partial charge in [-0.3, -0.25) is 4.79 Å². The van der Waals surface area contributed by atoms with Gasteiger partial charge in [0.15, 0.2) is 0 Å². The minimum atomic E-state index is -2.89. The number of hydrogen-bond acceptors (Lipinski definition) is 3. The van der Waals surface area contributed by atoms with Crippen molar-refractivity contribution in [2.75, 3.05) is 6.54 Å². The smallest absolute Gasteiger partial charge is 0.387 e. The summed E-state index contributed by atoms with van der Waals surface area (Å²) in [6.45, 7) is -2.07. The van der Waals surface area contributed by atoms with E-state index in [-0.39, 0.29) is 18.2 Å². The maximum atomic E-state index is 12.3. The van der Waals surface area contributed by atoms with Gasteiger partial charge in [0, 0.05) is 23.0 Å². The zero-order valence-electron chi connectivity index (χ0n) is 12.3. The Labute approximate surface area is 137 Å². The minimum absolute atomic E-state index is 0.0708. The molecular weight excluding hydrogens is 358 g/mol. The number of benzene rings is 1. The average Bonchev–Trinajstić information content (AvgIpc) is 2.47. The van der Waals surface area contributed by atoms with E-state index in [2.05, 4.69) is 26.0 Å². The van der Waals surface area contributed by atoms with Crippen LogP contribution in [0.1, 0.15) is 37.7 Å². The number of carbonyl (C=O) groups excluding carboxylic acids is 1. The summed E-state index contributed by atoms with van der Waals surface area (Å²) in [5.74, 6) is -0.0304. The first-order valence-corrected chi connectivity index (χ1v) is 8.02. The van der Waals surface area contributed by atoms with Crippen molar-refractivity contribution in [1.29, 1.82) is 0 Å². The van der Waals surface area contributed by atoms with E-state index in [9.17, 15) is 13.6 Å². The summed E-state index contributed by atoms with van der Waals surface area (Å²) in [4.78, 5) is 11.7. The van der Waals surface area contributed by atoms with Crippen LogP contribution in [0.4, 0.5) is 8.78 Å². The van der Waals surface area contributed by atoms with Gasteiger partial charge in [0.1, 0.15) is 5.75 Å². The van der Waals surface area contributed by atoms with Crippen LogP contribution in [-0.2, 0) is 11.3 Å². The van der Waals surface area contributed by atoms with Gasteiger partial charge >= 0.3 is 6.61 Å².